The molecule has 2 aromatic carbocycles. The molecule has 28 heavy (non-hydrogen) atoms. The van der Waals surface area contributed by atoms with E-state index < -0.39 is 15.6 Å². The van der Waals surface area contributed by atoms with Crippen LogP contribution in [0.4, 0.5) is 0 Å². The predicted molar refractivity (Wildman–Crippen MR) is 99.4 cm³/mol. The normalized spacial score (nSPS) is 17.6. The minimum Gasteiger partial charge on any atom is -0.490 e. The molecule has 0 bridgehead atoms. The van der Waals surface area contributed by atoms with Crippen LogP contribution < -0.4 is 23.7 Å². The molecule has 9 heteroatoms. The first-order valence-electron chi connectivity index (χ1n) is 8.87. The van der Waals surface area contributed by atoms with Crippen molar-refractivity contribution < 1.29 is 32.5 Å². The number of sulfonamides is 1. The second kappa shape index (κ2) is 7.16. The molecule has 2 N–H and O–H groups in total. The Labute approximate surface area is 163 Å². The number of fused-ring (bicyclic) bond motifs is 2. The fourth-order valence-electron chi connectivity index (χ4n) is 2.96. The third-order valence-corrected chi connectivity index (χ3v) is 6.03. The van der Waals surface area contributed by atoms with E-state index in [0.29, 0.717) is 41.8 Å². The summed E-state index contributed by atoms with van der Waals surface area (Å²) in [5, 5.41) is 10.8. The van der Waals surface area contributed by atoms with Gasteiger partial charge in [-0.1, -0.05) is 6.07 Å². The number of benzene rings is 2. The zero-order chi connectivity index (χ0) is 19.8. The maximum Gasteiger partial charge on any atom is 0.240 e. The standard InChI is InChI=1S/C19H21NO7S/c1-19(21,13-3-5-16-17(9-13)27-12-26-16)11-20-28(22,23)14-4-6-15-18(10-14)25-8-2-7-24-15/h3-6,9-10,20-21H,2,7-8,11-12H2,1H3/t19-/m1/s1. The summed E-state index contributed by atoms with van der Waals surface area (Å²) in [4.78, 5) is 0.0400. The van der Waals surface area contributed by atoms with Gasteiger partial charge in [-0.25, -0.2) is 13.1 Å². The van der Waals surface area contributed by atoms with Gasteiger partial charge in [-0.15, -0.1) is 0 Å². The van der Waals surface area contributed by atoms with Gasteiger partial charge < -0.3 is 24.1 Å². The van der Waals surface area contributed by atoms with E-state index in [1.54, 1.807) is 24.3 Å². The Bertz CT molecular complexity index is 988. The van der Waals surface area contributed by atoms with Gasteiger partial charge in [0.15, 0.2) is 23.0 Å². The van der Waals surface area contributed by atoms with Crippen molar-refractivity contribution >= 4 is 10.0 Å². The first kappa shape index (κ1) is 18.9. The maximum atomic E-state index is 12.7. The molecule has 2 aliphatic heterocycles. The van der Waals surface area contributed by atoms with Crippen molar-refractivity contribution in [2.24, 2.45) is 0 Å². The molecule has 0 unspecified atom stereocenters. The number of nitrogens with one attached hydrogen (secondary N) is 1. The van der Waals surface area contributed by atoms with E-state index >= 15 is 0 Å². The lowest BCUT2D eigenvalue weighted by atomic mass is 9.96. The van der Waals surface area contributed by atoms with E-state index in [1.165, 1.54) is 19.1 Å². The monoisotopic (exact) mass is 407 g/mol. The average molecular weight is 407 g/mol. The summed E-state index contributed by atoms with van der Waals surface area (Å²) in [6, 6.07) is 9.46. The van der Waals surface area contributed by atoms with Crippen LogP contribution in [0.25, 0.3) is 0 Å². The smallest absolute Gasteiger partial charge is 0.240 e. The molecule has 2 aromatic rings. The van der Waals surface area contributed by atoms with Gasteiger partial charge in [0, 0.05) is 19.0 Å². The first-order valence-corrected chi connectivity index (χ1v) is 10.4. The number of rotatable bonds is 5. The van der Waals surface area contributed by atoms with Crippen molar-refractivity contribution in [3.05, 3.63) is 42.0 Å². The highest BCUT2D eigenvalue weighted by atomic mass is 32.2. The average Bonchev–Trinajstić information content (AvgIpc) is 3.02. The predicted octanol–water partition coefficient (Wildman–Crippen LogP) is 1.76. The third-order valence-electron chi connectivity index (χ3n) is 4.63. The topological polar surface area (TPSA) is 103 Å². The third kappa shape index (κ3) is 3.73. The highest BCUT2D eigenvalue weighted by Crippen LogP contribution is 2.36. The second-order valence-corrected chi connectivity index (χ2v) is 8.59. The van der Waals surface area contributed by atoms with Gasteiger partial charge in [-0.05, 0) is 36.8 Å². The molecule has 0 fully saturated rings. The van der Waals surface area contributed by atoms with Gasteiger partial charge in [-0.3, -0.25) is 0 Å². The minimum atomic E-state index is -3.86. The Hall–Kier alpha value is -2.49. The molecular weight excluding hydrogens is 386 g/mol. The molecule has 1 atom stereocenters. The molecule has 0 spiro atoms. The van der Waals surface area contributed by atoms with E-state index in [-0.39, 0.29) is 18.2 Å². The second-order valence-electron chi connectivity index (χ2n) is 6.83. The summed E-state index contributed by atoms with van der Waals surface area (Å²) in [5.41, 5.74) is -0.933. The highest BCUT2D eigenvalue weighted by molar-refractivity contribution is 7.89. The van der Waals surface area contributed by atoms with Crippen molar-refractivity contribution in [3.63, 3.8) is 0 Å². The van der Waals surface area contributed by atoms with E-state index in [4.69, 9.17) is 18.9 Å². The van der Waals surface area contributed by atoms with Crippen molar-refractivity contribution in [1.29, 1.82) is 0 Å². The van der Waals surface area contributed by atoms with Gasteiger partial charge in [-0.2, -0.15) is 0 Å². The summed E-state index contributed by atoms with van der Waals surface area (Å²) in [7, 11) is -3.86. The SMILES string of the molecule is C[C@@](O)(CNS(=O)(=O)c1ccc2c(c1)OCCCO2)c1ccc2c(c1)OCO2. The Kier molecular flexibility index (Phi) is 4.82. The Morgan fingerprint density at radius 1 is 0.964 bits per heavy atom. The number of hydrogen-bond acceptors (Lipinski definition) is 7. The lowest BCUT2D eigenvalue weighted by Crippen LogP contribution is -2.38. The molecule has 2 aliphatic rings. The van der Waals surface area contributed by atoms with Crippen LogP contribution in [0.5, 0.6) is 23.0 Å². The summed E-state index contributed by atoms with van der Waals surface area (Å²) in [6.45, 7) is 2.42. The molecule has 4 rings (SSSR count). The first-order chi connectivity index (χ1) is 13.4. The van der Waals surface area contributed by atoms with E-state index in [0.717, 1.165) is 6.42 Å². The summed E-state index contributed by atoms with van der Waals surface area (Å²) < 4.78 is 49.5. The zero-order valence-electron chi connectivity index (χ0n) is 15.3. The molecule has 0 aromatic heterocycles. The van der Waals surface area contributed by atoms with Crippen molar-refractivity contribution in [2.45, 2.75) is 23.8 Å². The van der Waals surface area contributed by atoms with Crippen LogP contribution in [0.15, 0.2) is 41.3 Å². The van der Waals surface area contributed by atoms with Crippen LogP contribution in [-0.4, -0.2) is 40.1 Å². The van der Waals surface area contributed by atoms with Crippen LogP contribution in [0.3, 0.4) is 0 Å². The summed E-state index contributed by atoms with van der Waals surface area (Å²) in [5.74, 6) is 2.02. The van der Waals surface area contributed by atoms with Gasteiger partial charge in [0.05, 0.1) is 18.1 Å². The van der Waals surface area contributed by atoms with Gasteiger partial charge in [0.25, 0.3) is 0 Å². The number of hydrogen-bond donors (Lipinski definition) is 2. The minimum absolute atomic E-state index is 0.0400. The molecule has 0 saturated heterocycles. The fourth-order valence-corrected chi connectivity index (χ4v) is 4.11. The van der Waals surface area contributed by atoms with E-state index in [1.807, 2.05) is 0 Å². The van der Waals surface area contributed by atoms with Crippen LogP contribution >= 0.6 is 0 Å². The van der Waals surface area contributed by atoms with Gasteiger partial charge >= 0.3 is 0 Å². The van der Waals surface area contributed by atoms with Crippen molar-refractivity contribution in [1.82, 2.24) is 4.72 Å². The summed E-state index contributed by atoms with van der Waals surface area (Å²) >= 11 is 0. The highest BCUT2D eigenvalue weighted by Gasteiger charge is 2.29. The Balaban J connectivity index is 1.51. The number of aliphatic hydroxyl groups is 1. The van der Waals surface area contributed by atoms with Crippen LogP contribution in [0, 0.1) is 0 Å². The van der Waals surface area contributed by atoms with Crippen molar-refractivity contribution in [3.8, 4) is 23.0 Å². The van der Waals surface area contributed by atoms with Crippen LogP contribution in [0.1, 0.15) is 18.9 Å². The zero-order valence-corrected chi connectivity index (χ0v) is 16.1. The number of ether oxygens (including phenoxy) is 4. The van der Waals surface area contributed by atoms with Crippen LogP contribution in [-0.2, 0) is 15.6 Å². The van der Waals surface area contributed by atoms with E-state index in [2.05, 4.69) is 4.72 Å². The lowest BCUT2D eigenvalue weighted by molar-refractivity contribution is 0.0625. The molecule has 0 aliphatic carbocycles. The molecule has 2 heterocycles. The molecular formula is C19H21NO7S. The molecule has 8 nitrogen and oxygen atoms in total. The molecule has 0 amide bonds. The fraction of sp³-hybridized carbons (Fsp3) is 0.368. The quantitative estimate of drug-likeness (QED) is 0.778. The molecule has 150 valence electrons. The van der Waals surface area contributed by atoms with Crippen LogP contribution in [0.2, 0.25) is 0 Å². The Morgan fingerprint density at radius 2 is 1.61 bits per heavy atom. The summed E-state index contributed by atoms with van der Waals surface area (Å²) in [6.07, 6.45) is 0.730. The maximum absolute atomic E-state index is 12.7. The van der Waals surface area contributed by atoms with Crippen molar-refractivity contribution in [2.75, 3.05) is 26.6 Å². The molecule has 0 radical (unpaired) electrons. The Morgan fingerprint density at radius 3 is 2.43 bits per heavy atom. The van der Waals surface area contributed by atoms with E-state index in [9.17, 15) is 13.5 Å². The van der Waals surface area contributed by atoms with Gasteiger partial charge in [0.1, 0.15) is 5.60 Å². The lowest BCUT2D eigenvalue weighted by Gasteiger charge is -2.24. The van der Waals surface area contributed by atoms with Gasteiger partial charge in [0.2, 0.25) is 16.8 Å². The molecule has 0 saturated carbocycles. The largest absolute Gasteiger partial charge is 0.490 e.